The van der Waals surface area contributed by atoms with Crippen LogP contribution in [0.5, 0.6) is 0 Å². The lowest BCUT2D eigenvalue weighted by Crippen LogP contribution is -2.37. The molecule has 2 fully saturated rings. The second kappa shape index (κ2) is 15.0. The van der Waals surface area contributed by atoms with Gasteiger partial charge in [0.15, 0.2) is 11.9 Å². The van der Waals surface area contributed by atoms with E-state index in [2.05, 4.69) is 36.6 Å². The summed E-state index contributed by atoms with van der Waals surface area (Å²) in [6.45, 7) is 14.5. The van der Waals surface area contributed by atoms with Crippen LogP contribution in [0.2, 0.25) is 0 Å². The number of piperidine rings is 1. The van der Waals surface area contributed by atoms with Gasteiger partial charge in [-0.25, -0.2) is 0 Å². The van der Waals surface area contributed by atoms with Gasteiger partial charge in [0.25, 0.3) is 0 Å². The van der Waals surface area contributed by atoms with Gasteiger partial charge in [-0.1, -0.05) is 6.92 Å². The highest BCUT2D eigenvalue weighted by atomic mass is 15.4. The van der Waals surface area contributed by atoms with E-state index in [9.17, 15) is 0 Å². The smallest absolute Gasteiger partial charge is 0.196 e. The first-order valence-corrected chi connectivity index (χ1v) is 13.2. The molecule has 4 rings (SSSR count). The molecular formula is C25H50N8. The fourth-order valence-electron chi connectivity index (χ4n) is 4.72. The highest BCUT2D eigenvalue weighted by Gasteiger charge is 2.26. The van der Waals surface area contributed by atoms with Gasteiger partial charge in [-0.3, -0.25) is 15.0 Å². The lowest BCUT2D eigenvalue weighted by molar-refractivity contribution is 0.370. The summed E-state index contributed by atoms with van der Waals surface area (Å²) in [5.74, 6) is 3.68. The molecule has 0 aliphatic carbocycles. The molecule has 2 saturated heterocycles. The number of guanidine groups is 2. The number of nitrogens with zero attached hydrogens (tertiary/aromatic N) is 8. The summed E-state index contributed by atoms with van der Waals surface area (Å²) < 4.78 is 0. The average molecular weight is 463 g/mol. The molecule has 4 aliphatic rings. The van der Waals surface area contributed by atoms with E-state index in [4.69, 9.17) is 0 Å². The van der Waals surface area contributed by atoms with Gasteiger partial charge in [0.05, 0.1) is 5.84 Å². The monoisotopic (exact) mass is 462 g/mol. The van der Waals surface area contributed by atoms with Gasteiger partial charge < -0.3 is 24.5 Å². The van der Waals surface area contributed by atoms with Crippen LogP contribution in [-0.2, 0) is 0 Å². The summed E-state index contributed by atoms with van der Waals surface area (Å²) >= 11 is 0. The number of hydrogen-bond acceptors (Lipinski definition) is 6. The topological polar surface area (TPSA) is 53.3 Å². The molecule has 0 aromatic rings. The van der Waals surface area contributed by atoms with E-state index in [1.54, 1.807) is 0 Å². The number of fused-ring (bicyclic) bond motifs is 2. The maximum Gasteiger partial charge on any atom is 0.196 e. The van der Waals surface area contributed by atoms with E-state index in [0.717, 1.165) is 25.6 Å². The number of aliphatic imine (C=N–C) groups is 3. The fraction of sp³-hybridized carbons (Fsp3) is 0.880. The van der Waals surface area contributed by atoms with Crippen molar-refractivity contribution in [2.45, 2.75) is 58.8 Å². The molecule has 0 radical (unpaired) electrons. The summed E-state index contributed by atoms with van der Waals surface area (Å²) in [7, 11) is 7.98. The highest BCUT2D eigenvalue weighted by Crippen LogP contribution is 2.15. The SMILES string of the molecule is C1CCN2CCCCC2=NC1.CCCN1CCN2CCCN=C12.CCN=C(N(C)C)N(C)C. The van der Waals surface area contributed by atoms with Crippen molar-refractivity contribution in [2.75, 3.05) is 87.1 Å². The van der Waals surface area contributed by atoms with Gasteiger partial charge >= 0.3 is 0 Å². The van der Waals surface area contributed by atoms with Gasteiger partial charge in [0.1, 0.15) is 0 Å². The predicted octanol–water partition coefficient (Wildman–Crippen LogP) is 2.92. The third-order valence-corrected chi connectivity index (χ3v) is 6.21. The van der Waals surface area contributed by atoms with Gasteiger partial charge in [-0.05, 0) is 45.4 Å². The quantitative estimate of drug-likeness (QED) is 0.477. The van der Waals surface area contributed by atoms with Crippen molar-refractivity contribution in [1.82, 2.24) is 24.5 Å². The van der Waals surface area contributed by atoms with Crippen LogP contribution in [-0.4, -0.2) is 129 Å². The molecular weight excluding hydrogens is 412 g/mol. The Morgan fingerprint density at radius 2 is 1.45 bits per heavy atom. The molecule has 0 aromatic heterocycles. The van der Waals surface area contributed by atoms with Crippen LogP contribution in [0.15, 0.2) is 15.0 Å². The summed E-state index contributed by atoms with van der Waals surface area (Å²) in [5, 5.41) is 0. The van der Waals surface area contributed by atoms with Crippen LogP contribution in [0.1, 0.15) is 58.8 Å². The number of rotatable bonds is 3. The highest BCUT2D eigenvalue weighted by molar-refractivity contribution is 5.83. The molecule has 4 aliphatic heterocycles. The summed E-state index contributed by atoms with van der Waals surface area (Å²) in [4.78, 5) is 24.8. The van der Waals surface area contributed by atoms with Gasteiger partial charge in [0.2, 0.25) is 0 Å². The maximum atomic E-state index is 4.59. The minimum absolute atomic E-state index is 0.839. The van der Waals surface area contributed by atoms with Crippen LogP contribution in [0, 0.1) is 0 Å². The molecule has 0 aromatic carbocycles. The normalized spacial score (nSPS) is 19.4. The molecule has 0 amide bonds. The summed E-state index contributed by atoms with van der Waals surface area (Å²) in [5.41, 5.74) is 0. The Morgan fingerprint density at radius 1 is 0.788 bits per heavy atom. The van der Waals surface area contributed by atoms with Crippen LogP contribution in [0.25, 0.3) is 0 Å². The fourth-order valence-corrected chi connectivity index (χ4v) is 4.72. The van der Waals surface area contributed by atoms with Crippen molar-refractivity contribution in [3.8, 4) is 0 Å². The number of amidine groups is 1. The first kappa shape index (κ1) is 27.3. The molecule has 8 heteroatoms. The summed E-state index contributed by atoms with van der Waals surface area (Å²) in [6.07, 6.45) is 9.07. The van der Waals surface area contributed by atoms with Gasteiger partial charge in [-0.2, -0.15) is 0 Å². The van der Waals surface area contributed by atoms with E-state index >= 15 is 0 Å². The Morgan fingerprint density at radius 3 is 2.09 bits per heavy atom. The molecule has 4 heterocycles. The third-order valence-electron chi connectivity index (χ3n) is 6.21. The van der Waals surface area contributed by atoms with Crippen molar-refractivity contribution < 1.29 is 0 Å². The van der Waals surface area contributed by atoms with E-state index in [1.807, 2.05) is 44.9 Å². The van der Waals surface area contributed by atoms with Crippen LogP contribution >= 0.6 is 0 Å². The third kappa shape index (κ3) is 9.05. The Hall–Kier alpha value is -1.99. The molecule has 190 valence electrons. The second-order valence-electron chi connectivity index (χ2n) is 9.52. The first-order chi connectivity index (χ1) is 16.0. The average Bonchev–Trinajstić information content (AvgIpc) is 3.06. The first-order valence-electron chi connectivity index (χ1n) is 13.2. The Labute approximate surface area is 203 Å². The molecule has 33 heavy (non-hydrogen) atoms. The molecule has 0 unspecified atom stereocenters. The summed E-state index contributed by atoms with van der Waals surface area (Å²) in [6, 6.07) is 0. The zero-order chi connectivity index (χ0) is 24.1. The Bertz CT molecular complexity index is 630. The second-order valence-corrected chi connectivity index (χ2v) is 9.52. The van der Waals surface area contributed by atoms with E-state index in [1.165, 1.54) is 96.0 Å². The minimum atomic E-state index is 0.839. The van der Waals surface area contributed by atoms with Crippen molar-refractivity contribution in [3.05, 3.63) is 0 Å². The van der Waals surface area contributed by atoms with Crippen molar-refractivity contribution in [2.24, 2.45) is 15.0 Å². The van der Waals surface area contributed by atoms with Crippen molar-refractivity contribution in [3.63, 3.8) is 0 Å². The lowest BCUT2D eigenvalue weighted by atomic mass is 10.1. The Kier molecular flexibility index (Phi) is 12.4. The molecule has 0 N–H and O–H groups in total. The van der Waals surface area contributed by atoms with Crippen LogP contribution in [0.4, 0.5) is 0 Å². The lowest BCUT2D eigenvalue weighted by Gasteiger charge is -2.28. The van der Waals surface area contributed by atoms with Gasteiger partial charge in [0, 0.05) is 93.5 Å². The Balaban J connectivity index is 0.000000176. The zero-order valence-electron chi connectivity index (χ0n) is 22.4. The molecule has 0 spiro atoms. The minimum Gasteiger partial charge on any atom is -0.360 e. The molecule has 0 atom stereocenters. The van der Waals surface area contributed by atoms with E-state index in [0.29, 0.717) is 0 Å². The molecule has 0 bridgehead atoms. The van der Waals surface area contributed by atoms with E-state index in [-0.39, 0.29) is 0 Å². The standard InChI is InChI=1S/C9H17N3.C9H16N2.C7H17N3/c1-2-5-11-7-8-12-6-3-4-10-9(11)12;1-3-7-11-8-4-2-6-10-9(11)5-1;1-6-8-7(9(2)3)10(4)5/h2-8H2,1H3;1-8H2;6H2,1-5H3. The maximum absolute atomic E-state index is 4.59. The van der Waals surface area contributed by atoms with Crippen molar-refractivity contribution >= 4 is 17.8 Å². The van der Waals surface area contributed by atoms with E-state index < -0.39 is 0 Å². The largest absolute Gasteiger partial charge is 0.360 e. The molecule has 8 nitrogen and oxygen atoms in total. The van der Waals surface area contributed by atoms with Crippen LogP contribution < -0.4 is 0 Å². The van der Waals surface area contributed by atoms with Gasteiger partial charge in [-0.15, -0.1) is 0 Å². The number of hydrogen-bond donors (Lipinski definition) is 0. The molecule has 0 saturated carbocycles. The van der Waals surface area contributed by atoms with Crippen molar-refractivity contribution in [1.29, 1.82) is 0 Å². The van der Waals surface area contributed by atoms with Crippen LogP contribution in [0.3, 0.4) is 0 Å². The zero-order valence-corrected chi connectivity index (χ0v) is 22.4. The predicted molar refractivity (Wildman–Crippen MR) is 143 cm³/mol.